The maximum Gasteiger partial charge on any atom is 0.340 e. The molecule has 0 saturated carbocycles. The summed E-state index contributed by atoms with van der Waals surface area (Å²) in [6.45, 7) is 2.47. The van der Waals surface area contributed by atoms with Gasteiger partial charge in [0.1, 0.15) is 6.61 Å². The van der Waals surface area contributed by atoms with Crippen LogP contribution in [0.15, 0.2) is 115 Å². The van der Waals surface area contributed by atoms with Crippen LogP contribution in [0.5, 0.6) is 0 Å². The van der Waals surface area contributed by atoms with E-state index >= 15 is 0 Å². The van der Waals surface area contributed by atoms with Crippen molar-refractivity contribution in [2.24, 2.45) is 0 Å². The molecule has 0 fully saturated rings. The lowest BCUT2D eigenvalue weighted by Gasteiger charge is -2.26. The highest BCUT2D eigenvalue weighted by atomic mass is 16.7. The summed E-state index contributed by atoms with van der Waals surface area (Å²) in [5.41, 5.74) is 6.70. The van der Waals surface area contributed by atoms with E-state index in [4.69, 9.17) is 14.3 Å². The number of para-hydroxylation sites is 1. The Morgan fingerprint density at radius 3 is 2.08 bits per heavy atom. The number of ether oxygens (including phenoxy) is 2. The topological polar surface area (TPSA) is 48.0 Å². The molecule has 1 aliphatic heterocycles. The van der Waals surface area contributed by atoms with Crippen LogP contribution in [0.1, 0.15) is 39.0 Å². The molecule has 192 valence electrons. The summed E-state index contributed by atoms with van der Waals surface area (Å²) in [4.78, 5) is 19.5. The van der Waals surface area contributed by atoms with Crippen molar-refractivity contribution in [2.45, 2.75) is 26.2 Å². The first-order valence-corrected chi connectivity index (χ1v) is 12.9. The Labute approximate surface area is 223 Å². The van der Waals surface area contributed by atoms with E-state index in [1.165, 1.54) is 11.1 Å². The Balaban J connectivity index is 1.37. The standard InChI is InChI=1S/C33H31NO4/c35-33(37-24-27-9-3-1-4-10-27)31-13-7-8-14-32(31)34(38-25-28-11-5-2-6-12-28)23-26-15-17-29(18-16-26)30-19-21-36-22-20-30/h1-19H,20-25H2. The molecule has 5 heteroatoms. The summed E-state index contributed by atoms with van der Waals surface area (Å²) < 4.78 is 11.1. The summed E-state index contributed by atoms with van der Waals surface area (Å²) in [6, 6.07) is 35.6. The third-order valence-corrected chi connectivity index (χ3v) is 6.45. The molecule has 0 radical (unpaired) electrons. The highest BCUT2D eigenvalue weighted by Gasteiger charge is 2.19. The van der Waals surface area contributed by atoms with Gasteiger partial charge in [0.2, 0.25) is 0 Å². The SMILES string of the molecule is O=C(OCc1ccccc1)c1ccccc1N(Cc1ccc(C2=CCOCC2)cc1)OCc1ccccc1. The van der Waals surface area contributed by atoms with Crippen molar-refractivity contribution in [3.05, 3.63) is 143 Å². The number of carbonyl (C=O) groups is 1. The van der Waals surface area contributed by atoms with Crippen molar-refractivity contribution < 1.29 is 19.1 Å². The summed E-state index contributed by atoms with van der Waals surface area (Å²) in [7, 11) is 0. The first-order chi connectivity index (χ1) is 18.8. The Morgan fingerprint density at radius 2 is 1.39 bits per heavy atom. The van der Waals surface area contributed by atoms with Gasteiger partial charge in [0.05, 0.1) is 37.6 Å². The molecule has 0 aromatic heterocycles. The van der Waals surface area contributed by atoms with E-state index < -0.39 is 0 Å². The summed E-state index contributed by atoms with van der Waals surface area (Å²) in [5, 5.41) is 1.79. The molecule has 0 aliphatic carbocycles. The molecule has 5 nitrogen and oxygen atoms in total. The minimum atomic E-state index is -0.389. The second-order valence-corrected chi connectivity index (χ2v) is 9.13. The minimum Gasteiger partial charge on any atom is -0.457 e. The second-order valence-electron chi connectivity index (χ2n) is 9.13. The fourth-order valence-corrected chi connectivity index (χ4v) is 4.37. The number of hydrogen-bond acceptors (Lipinski definition) is 5. The van der Waals surface area contributed by atoms with Crippen LogP contribution >= 0.6 is 0 Å². The molecule has 1 aliphatic rings. The predicted octanol–water partition coefficient (Wildman–Crippen LogP) is 6.99. The van der Waals surface area contributed by atoms with Gasteiger partial charge in [0.15, 0.2) is 0 Å². The van der Waals surface area contributed by atoms with Crippen LogP contribution in [0.4, 0.5) is 5.69 Å². The van der Waals surface area contributed by atoms with Crippen molar-refractivity contribution in [2.75, 3.05) is 18.3 Å². The summed E-state index contributed by atoms with van der Waals surface area (Å²) >= 11 is 0. The van der Waals surface area contributed by atoms with Crippen LogP contribution in [0.3, 0.4) is 0 Å². The molecule has 4 aromatic rings. The van der Waals surface area contributed by atoms with Crippen LogP contribution in [0.25, 0.3) is 5.57 Å². The Hall–Kier alpha value is -4.19. The van der Waals surface area contributed by atoms with Gasteiger partial charge in [-0.3, -0.25) is 4.84 Å². The lowest BCUT2D eigenvalue weighted by atomic mass is 10.0. The minimum absolute atomic E-state index is 0.210. The van der Waals surface area contributed by atoms with Gasteiger partial charge in [-0.1, -0.05) is 103 Å². The van der Waals surface area contributed by atoms with Crippen LogP contribution < -0.4 is 5.06 Å². The highest BCUT2D eigenvalue weighted by molar-refractivity contribution is 5.95. The van der Waals surface area contributed by atoms with Crippen LogP contribution in [-0.4, -0.2) is 19.2 Å². The van der Waals surface area contributed by atoms with Crippen molar-refractivity contribution in [1.82, 2.24) is 0 Å². The van der Waals surface area contributed by atoms with Crippen molar-refractivity contribution >= 4 is 17.2 Å². The molecule has 0 bridgehead atoms. The molecular weight excluding hydrogens is 474 g/mol. The van der Waals surface area contributed by atoms with Crippen molar-refractivity contribution in [3.63, 3.8) is 0 Å². The van der Waals surface area contributed by atoms with E-state index in [1.54, 1.807) is 11.1 Å². The number of hydroxylamine groups is 1. The zero-order valence-electron chi connectivity index (χ0n) is 21.3. The fraction of sp³-hybridized carbons (Fsp3) is 0.182. The largest absolute Gasteiger partial charge is 0.457 e. The van der Waals surface area contributed by atoms with E-state index in [2.05, 4.69) is 30.3 Å². The van der Waals surface area contributed by atoms with Gasteiger partial charge < -0.3 is 9.47 Å². The predicted molar refractivity (Wildman–Crippen MR) is 149 cm³/mol. The maximum absolute atomic E-state index is 13.2. The molecule has 0 saturated heterocycles. The third kappa shape index (κ3) is 6.76. The molecule has 4 aromatic carbocycles. The van der Waals surface area contributed by atoms with E-state index in [-0.39, 0.29) is 12.6 Å². The summed E-state index contributed by atoms with van der Waals surface area (Å²) in [6.07, 6.45) is 3.06. The fourth-order valence-electron chi connectivity index (χ4n) is 4.37. The first-order valence-electron chi connectivity index (χ1n) is 12.9. The van der Waals surface area contributed by atoms with Crippen molar-refractivity contribution in [1.29, 1.82) is 0 Å². The molecule has 1 heterocycles. The molecule has 0 amide bonds. The van der Waals surface area contributed by atoms with Gasteiger partial charge in [-0.25, -0.2) is 9.86 Å². The Morgan fingerprint density at radius 1 is 0.737 bits per heavy atom. The number of hydrogen-bond donors (Lipinski definition) is 0. The Kier molecular flexibility index (Phi) is 8.62. The second kappa shape index (κ2) is 12.9. The number of nitrogens with zero attached hydrogens (tertiary/aromatic N) is 1. The Bertz CT molecular complexity index is 1350. The van der Waals surface area contributed by atoms with Crippen molar-refractivity contribution in [3.8, 4) is 0 Å². The number of anilines is 1. The first kappa shape index (κ1) is 25.5. The molecule has 0 spiro atoms. The van der Waals surface area contributed by atoms with Gasteiger partial charge in [0.25, 0.3) is 0 Å². The normalized spacial score (nSPS) is 13.0. The average Bonchev–Trinajstić information content (AvgIpc) is 3.00. The molecule has 5 rings (SSSR count). The smallest absolute Gasteiger partial charge is 0.340 e. The third-order valence-electron chi connectivity index (χ3n) is 6.45. The van der Waals surface area contributed by atoms with E-state index in [9.17, 15) is 4.79 Å². The number of benzene rings is 4. The van der Waals surface area contributed by atoms with Gasteiger partial charge in [0, 0.05) is 0 Å². The molecular formula is C33H31NO4. The van der Waals surface area contributed by atoms with Gasteiger partial charge in [-0.05, 0) is 46.4 Å². The number of esters is 1. The van der Waals surface area contributed by atoms with Crippen LogP contribution in [0, 0.1) is 0 Å². The number of rotatable bonds is 10. The molecule has 0 atom stereocenters. The summed E-state index contributed by atoms with van der Waals surface area (Å²) in [5.74, 6) is -0.389. The quantitative estimate of drug-likeness (QED) is 0.172. The monoisotopic (exact) mass is 505 g/mol. The zero-order chi connectivity index (χ0) is 26.0. The average molecular weight is 506 g/mol. The molecule has 38 heavy (non-hydrogen) atoms. The maximum atomic E-state index is 13.2. The molecule has 0 N–H and O–H groups in total. The lowest BCUT2D eigenvalue weighted by molar-refractivity contribution is 0.0465. The van der Waals surface area contributed by atoms with Gasteiger partial charge in [-0.15, -0.1) is 0 Å². The van der Waals surface area contributed by atoms with Gasteiger partial charge >= 0.3 is 5.97 Å². The van der Waals surface area contributed by atoms with Crippen LogP contribution in [-0.2, 0) is 34.1 Å². The van der Waals surface area contributed by atoms with E-state index in [1.807, 2.05) is 78.9 Å². The highest BCUT2D eigenvalue weighted by Crippen LogP contribution is 2.27. The lowest BCUT2D eigenvalue weighted by Crippen LogP contribution is -2.25. The van der Waals surface area contributed by atoms with E-state index in [0.717, 1.165) is 29.7 Å². The zero-order valence-corrected chi connectivity index (χ0v) is 21.3. The van der Waals surface area contributed by atoms with Crippen LogP contribution in [0.2, 0.25) is 0 Å². The molecule has 0 unspecified atom stereocenters. The number of carbonyl (C=O) groups excluding carboxylic acids is 1. The van der Waals surface area contributed by atoms with Gasteiger partial charge in [-0.2, -0.15) is 0 Å². The van der Waals surface area contributed by atoms with E-state index in [0.29, 0.717) is 31.0 Å².